The normalized spacial score (nSPS) is 30.2. The highest BCUT2D eigenvalue weighted by Gasteiger charge is 2.75. The molecule has 2 aromatic carbocycles. The van der Waals surface area contributed by atoms with E-state index in [0.717, 1.165) is 24.1 Å². The standard InChI is InChI=1S/C26H25N3O4/c1-3-14-27-19-8-5-4-7-18(19)26(25(27)32)22-21(20-9-6-15-28(20)26)23(30)29(24(22)31)16-10-12-17(33-2)13-11-16/h3-5,7-8,10-13,20-22H,1,6,9,14-15H2,2H3. The minimum atomic E-state index is -1.15. The lowest BCUT2D eigenvalue weighted by molar-refractivity contribution is -0.137. The first kappa shape index (κ1) is 20.2. The summed E-state index contributed by atoms with van der Waals surface area (Å²) in [4.78, 5) is 47.1. The number of amides is 3. The number of rotatable bonds is 4. The number of carbonyl (C=O) groups excluding carboxylic acids is 3. The Morgan fingerprint density at radius 1 is 1.09 bits per heavy atom. The molecule has 168 valence electrons. The number of fused-ring (bicyclic) bond motifs is 7. The fraction of sp³-hybridized carbons (Fsp3) is 0.346. The highest BCUT2D eigenvalue weighted by Crippen LogP contribution is 2.61. The van der Waals surface area contributed by atoms with Gasteiger partial charge in [-0.1, -0.05) is 24.3 Å². The molecule has 4 atom stereocenters. The SMILES string of the molecule is C=CCN1C(=O)C2(c3ccccc31)C1C(=O)N(c3ccc(OC)cc3)C(=O)C1C1CCCN12. The van der Waals surface area contributed by atoms with Crippen LogP contribution in [0.2, 0.25) is 0 Å². The van der Waals surface area contributed by atoms with Crippen molar-refractivity contribution in [1.29, 1.82) is 0 Å². The number of methoxy groups -OCH3 is 1. The van der Waals surface area contributed by atoms with Gasteiger partial charge in [0, 0.05) is 23.8 Å². The van der Waals surface area contributed by atoms with Gasteiger partial charge in [0.05, 0.1) is 24.6 Å². The summed E-state index contributed by atoms with van der Waals surface area (Å²) in [6, 6.07) is 14.5. The average Bonchev–Trinajstić information content (AvgIpc) is 3.53. The van der Waals surface area contributed by atoms with Gasteiger partial charge in [0.15, 0.2) is 0 Å². The predicted molar refractivity (Wildman–Crippen MR) is 123 cm³/mol. The molecule has 3 saturated heterocycles. The van der Waals surface area contributed by atoms with Crippen LogP contribution in [0.4, 0.5) is 11.4 Å². The van der Waals surface area contributed by atoms with E-state index in [9.17, 15) is 14.4 Å². The number of ether oxygens (including phenoxy) is 1. The van der Waals surface area contributed by atoms with Crippen LogP contribution in [0.5, 0.6) is 5.75 Å². The summed E-state index contributed by atoms with van der Waals surface area (Å²) in [7, 11) is 1.57. The van der Waals surface area contributed by atoms with Gasteiger partial charge in [-0.15, -0.1) is 6.58 Å². The van der Waals surface area contributed by atoms with Crippen molar-refractivity contribution < 1.29 is 19.1 Å². The van der Waals surface area contributed by atoms with Crippen LogP contribution >= 0.6 is 0 Å². The molecule has 3 fully saturated rings. The Bertz CT molecular complexity index is 1190. The molecule has 0 aromatic heterocycles. The first-order chi connectivity index (χ1) is 16.1. The summed E-state index contributed by atoms with van der Waals surface area (Å²) in [6.07, 6.45) is 3.40. The smallest absolute Gasteiger partial charge is 0.253 e. The predicted octanol–water partition coefficient (Wildman–Crippen LogP) is 2.71. The molecule has 0 radical (unpaired) electrons. The van der Waals surface area contributed by atoms with Gasteiger partial charge < -0.3 is 9.64 Å². The van der Waals surface area contributed by atoms with E-state index in [2.05, 4.69) is 11.5 Å². The Balaban J connectivity index is 1.53. The molecule has 6 rings (SSSR count). The Hall–Kier alpha value is -3.45. The molecule has 33 heavy (non-hydrogen) atoms. The maximum absolute atomic E-state index is 14.2. The first-order valence-corrected chi connectivity index (χ1v) is 11.4. The van der Waals surface area contributed by atoms with E-state index in [1.807, 2.05) is 24.3 Å². The summed E-state index contributed by atoms with van der Waals surface area (Å²) in [5.41, 5.74) is 0.992. The van der Waals surface area contributed by atoms with Crippen molar-refractivity contribution >= 4 is 29.1 Å². The van der Waals surface area contributed by atoms with Crippen molar-refractivity contribution in [2.45, 2.75) is 24.4 Å². The Kier molecular flexibility index (Phi) is 4.29. The van der Waals surface area contributed by atoms with Crippen molar-refractivity contribution in [1.82, 2.24) is 4.90 Å². The van der Waals surface area contributed by atoms with Crippen molar-refractivity contribution in [3.63, 3.8) is 0 Å². The van der Waals surface area contributed by atoms with Crippen molar-refractivity contribution in [2.24, 2.45) is 11.8 Å². The van der Waals surface area contributed by atoms with Crippen LogP contribution in [0, 0.1) is 11.8 Å². The van der Waals surface area contributed by atoms with E-state index in [1.54, 1.807) is 42.4 Å². The molecule has 0 bridgehead atoms. The second kappa shape index (κ2) is 7.02. The van der Waals surface area contributed by atoms with Gasteiger partial charge in [-0.3, -0.25) is 19.3 Å². The molecule has 1 spiro atoms. The molecule has 4 heterocycles. The van der Waals surface area contributed by atoms with E-state index in [1.165, 1.54) is 4.90 Å². The summed E-state index contributed by atoms with van der Waals surface area (Å²) in [6.45, 7) is 4.88. The summed E-state index contributed by atoms with van der Waals surface area (Å²) in [5.74, 6) is -1.27. The van der Waals surface area contributed by atoms with Crippen LogP contribution < -0.4 is 14.5 Å². The van der Waals surface area contributed by atoms with E-state index in [-0.39, 0.29) is 23.8 Å². The molecular weight excluding hydrogens is 418 g/mol. The molecule has 4 unspecified atom stereocenters. The van der Waals surface area contributed by atoms with Crippen molar-refractivity contribution in [3.8, 4) is 5.75 Å². The van der Waals surface area contributed by atoms with Crippen LogP contribution in [0.3, 0.4) is 0 Å². The van der Waals surface area contributed by atoms with Crippen molar-refractivity contribution in [2.75, 3.05) is 30.0 Å². The zero-order valence-electron chi connectivity index (χ0n) is 18.4. The van der Waals surface area contributed by atoms with Gasteiger partial charge in [-0.25, -0.2) is 4.90 Å². The number of hydrogen-bond donors (Lipinski definition) is 0. The molecular formula is C26H25N3O4. The van der Waals surface area contributed by atoms with Crippen molar-refractivity contribution in [3.05, 3.63) is 66.7 Å². The zero-order valence-corrected chi connectivity index (χ0v) is 18.4. The maximum Gasteiger partial charge on any atom is 0.253 e. The lowest BCUT2D eigenvalue weighted by Crippen LogP contribution is -2.56. The van der Waals surface area contributed by atoms with Crippen LogP contribution in [0.1, 0.15) is 18.4 Å². The number of para-hydroxylation sites is 1. The molecule has 0 aliphatic carbocycles. The first-order valence-electron chi connectivity index (χ1n) is 11.4. The zero-order chi connectivity index (χ0) is 22.9. The molecule has 4 aliphatic rings. The number of hydrogen-bond acceptors (Lipinski definition) is 5. The van der Waals surface area contributed by atoms with E-state index in [0.29, 0.717) is 24.5 Å². The van der Waals surface area contributed by atoms with Crippen LogP contribution in [-0.2, 0) is 19.9 Å². The number of nitrogens with zero attached hydrogens (tertiary/aromatic N) is 3. The molecule has 7 nitrogen and oxygen atoms in total. The second-order valence-electron chi connectivity index (χ2n) is 9.10. The summed E-state index contributed by atoms with van der Waals surface area (Å²) in [5, 5.41) is 0. The van der Waals surface area contributed by atoms with Gasteiger partial charge in [0.2, 0.25) is 11.8 Å². The summed E-state index contributed by atoms with van der Waals surface area (Å²) < 4.78 is 5.23. The monoisotopic (exact) mass is 443 g/mol. The number of anilines is 2. The lowest BCUT2D eigenvalue weighted by atomic mass is 9.75. The topological polar surface area (TPSA) is 70.2 Å². The van der Waals surface area contributed by atoms with E-state index >= 15 is 0 Å². The summed E-state index contributed by atoms with van der Waals surface area (Å²) >= 11 is 0. The lowest BCUT2D eigenvalue weighted by Gasteiger charge is -2.37. The Morgan fingerprint density at radius 2 is 1.85 bits per heavy atom. The quantitative estimate of drug-likeness (QED) is 0.537. The third-order valence-electron chi connectivity index (χ3n) is 7.79. The third kappa shape index (κ3) is 2.35. The third-order valence-corrected chi connectivity index (χ3v) is 7.79. The van der Waals surface area contributed by atoms with Gasteiger partial charge in [0.25, 0.3) is 5.91 Å². The molecule has 0 N–H and O–H groups in total. The molecule has 3 amide bonds. The maximum atomic E-state index is 14.2. The number of imide groups is 1. The van der Waals surface area contributed by atoms with Crippen LogP contribution in [0.25, 0.3) is 0 Å². The Morgan fingerprint density at radius 3 is 2.58 bits per heavy atom. The molecule has 4 aliphatic heterocycles. The van der Waals surface area contributed by atoms with Gasteiger partial charge in [0.1, 0.15) is 11.3 Å². The molecule has 0 saturated carbocycles. The van der Waals surface area contributed by atoms with Crippen LogP contribution in [0.15, 0.2) is 61.2 Å². The van der Waals surface area contributed by atoms with E-state index in [4.69, 9.17) is 4.74 Å². The Labute approximate surface area is 192 Å². The van der Waals surface area contributed by atoms with Gasteiger partial charge >= 0.3 is 0 Å². The van der Waals surface area contributed by atoms with Crippen LogP contribution in [-0.4, -0.2) is 48.9 Å². The second-order valence-corrected chi connectivity index (χ2v) is 9.10. The average molecular weight is 444 g/mol. The number of benzene rings is 2. The van der Waals surface area contributed by atoms with Gasteiger partial charge in [-0.2, -0.15) is 0 Å². The highest BCUT2D eigenvalue weighted by molar-refractivity contribution is 6.26. The number of carbonyl (C=O) groups is 3. The van der Waals surface area contributed by atoms with Gasteiger partial charge in [-0.05, 0) is 49.7 Å². The largest absolute Gasteiger partial charge is 0.497 e. The minimum Gasteiger partial charge on any atom is -0.497 e. The molecule has 2 aromatic rings. The minimum absolute atomic E-state index is 0.124. The van der Waals surface area contributed by atoms with E-state index < -0.39 is 17.4 Å². The molecule has 7 heteroatoms. The fourth-order valence-electron chi connectivity index (χ4n) is 6.64. The fourth-order valence-corrected chi connectivity index (χ4v) is 6.64. The highest BCUT2D eigenvalue weighted by atomic mass is 16.5.